The summed E-state index contributed by atoms with van der Waals surface area (Å²) in [5.74, 6) is -0.764. The molecule has 0 aliphatic heterocycles. The first kappa shape index (κ1) is 16.6. The number of benzene rings is 1. The normalized spacial score (nSPS) is 10.5. The van der Waals surface area contributed by atoms with Gasteiger partial charge in [-0.3, -0.25) is 4.55 Å². The molecule has 1 aromatic rings. The van der Waals surface area contributed by atoms with Crippen LogP contribution in [-0.4, -0.2) is 37.3 Å². The first-order valence-corrected chi connectivity index (χ1v) is 5.74. The Labute approximate surface area is 121 Å². The molecular weight excluding hydrogens is 259 g/mol. The smallest absolute Gasteiger partial charge is 0.460 e. The summed E-state index contributed by atoms with van der Waals surface area (Å²) in [5.41, 5.74) is -0.0106. The molecule has 0 fully saturated rings. The number of carbonyl (C=O) groups excluding carboxylic acids is 1. The number of hydrogen-bond acceptors (Lipinski definition) is 5. The predicted octanol–water partition coefficient (Wildman–Crippen LogP) is -2.91. The van der Waals surface area contributed by atoms with Crippen LogP contribution in [0, 0.1) is 0 Å². The number of ether oxygens (including phenoxy) is 1. The first-order valence-electron chi connectivity index (χ1n) is 4.30. The molecule has 0 radical (unpaired) electrons. The summed E-state index contributed by atoms with van der Waals surface area (Å²) in [7, 11) is -4.34. The van der Waals surface area contributed by atoms with Gasteiger partial charge in [0.15, 0.2) is 0 Å². The molecule has 1 rings (SSSR count). The minimum absolute atomic E-state index is 0. The second-order valence-electron chi connectivity index (χ2n) is 2.86. The number of esters is 1. The Balaban J connectivity index is 0.00000256. The Morgan fingerprint density at radius 2 is 2.00 bits per heavy atom. The van der Waals surface area contributed by atoms with Crippen molar-refractivity contribution in [2.45, 2.75) is 4.90 Å². The van der Waals surface area contributed by atoms with Crippen molar-refractivity contribution >= 4 is 16.1 Å². The zero-order chi connectivity index (χ0) is 12.2. The number of rotatable bonds is 4. The second-order valence-corrected chi connectivity index (χ2v) is 4.28. The average molecular weight is 269 g/mol. The summed E-state index contributed by atoms with van der Waals surface area (Å²) in [6, 6.07) is 4.79. The van der Waals surface area contributed by atoms with Crippen LogP contribution in [0.25, 0.3) is 0 Å². The van der Waals surface area contributed by atoms with E-state index in [2.05, 4.69) is 4.74 Å². The van der Waals surface area contributed by atoms with Gasteiger partial charge >= 0.3 is 35.5 Å². The third kappa shape index (κ3) is 5.15. The minimum Gasteiger partial charge on any atom is -0.460 e. The summed E-state index contributed by atoms with van der Waals surface area (Å²) in [4.78, 5) is 10.9. The third-order valence-electron chi connectivity index (χ3n) is 1.69. The van der Waals surface area contributed by atoms with Crippen molar-refractivity contribution in [2.75, 3.05) is 13.2 Å². The zero-order valence-corrected chi connectivity index (χ0v) is 12.0. The van der Waals surface area contributed by atoms with Gasteiger partial charge in [-0.15, -0.1) is 0 Å². The quantitative estimate of drug-likeness (QED) is 0.345. The average Bonchev–Trinajstić information content (AvgIpc) is 2.25. The molecule has 2 N–H and O–H groups in total. The molecule has 0 aromatic heterocycles. The Morgan fingerprint density at radius 3 is 2.53 bits per heavy atom. The number of aliphatic hydroxyl groups is 1. The number of carbonyl (C=O) groups is 1. The maximum atomic E-state index is 11.3. The predicted molar refractivity (Wildman–Crippen MR) is 53.6 cm³/mol. The summed E-state index contributed by atoms with van der Waals surface area (Å²) in [5, 5.41) is 8.43. The van der Waals surface area contributed by atoms with Crippen molar-refractivity contribution in [1.82, 2.24) is 0 Å². The van der Waals surface area contributed by atoms with Crippen molar-refractivity contribution < 1.29 is 57.2 Å². The van der Waals surface area contributed by atoms with Gasteiger partial charge in [0.25, 0.3) is 10.1 Å². The maximum absolute atomic E-state index is 11.3. The van der Waals surface area contributed by atoms with E-state index in [4.69, 9.17) is 9.66 Å². The Bertz CT molecular complexity index is 484. The molecule has 0 saturated heterocycles. The number of hydrogen-bond donors (Lipinski definition) is 2. The van der Waals surface area contributed by atoms with Gasteiger partial charge in [0.05, 0.1) is 17.1 Å². The van der Waals surface area contributed by atoms with Crippen LogP contribution in [0.5, 0.6) is 0 Å². The molecule has 17 heavy (non-hydrogen) atoms. The van der Waals surface area contributed by atoms with Crippen LogP contribution in [0.4, 0.5) is 0 Å². The van der Waals surface area contributed by atoms with Gasteiger partial charge in [0, 0.05) is 0 Å². The summed E-state index contributed by atoms with van der Waals surface area (Å²) in [6.07, 6.45) is 0. The molecule has 8 heteroatoms. The third-order valence-corrected chi connectivity index (χ3v) is 2.54. The van der Waals surface area contributed by atoms with Gasteiger partial charge in [0.2, 0.25) is 0 Å². The van der Waals surface area contributed by atoms with Crippen molar-refractivity contribution in [2.24, 2.45) is 0 Å². The first-order chi connectivity index (χ1) is 7.45. The molecule has 0 unspecified atom stereocenters. The zero-order valence-electron chi connectivity index (χ0n) is 9.16. The molecule has 0 aliphatic carbocycles. The Morgan fingerprint density at radius 1 is 1.35 bits per heavy atom. The monoisotopic (exact) mass is 269 g/mol. The van der Waals surface area contributed by atoms with Crippen molar-refractivity contribution in [3.63, 3.8) is 0 Å². The van der Waals surface area contributed by atoms with Crippen LogP contribution in [0.15, 0.2) is 29.2 Å². The van der Waals surface area contributed by atoms with Gasteiger partial charge in [0.1, 0.15) is 6.61 Å². The molecule has 0 amide bonds. The molecule has 0 bridgehead atoms. The number of aliphatic hydroxyl groups excluding tert-OH is 1. The largest absolute Gasteiger partial charge is 1.00 e. The van der Waals surface area contributed by atoms with Crippen LogP contribution in [-0.2, 0) is 14.9 Å². The molecule has 1 aromatic carbocycles. The van der Waals surface area contributed by atoms with E-state index in [1.165, 1.54) is 12.1 Å². The maximum Gasteiger partial charge on any atom is 1.00 e. The minimum atomic E-state index is -4.34. The van der Waals surface area contributed by atoms with E-state index in [9.17, 15) is 13.2 Å². The molecule has 0 aliphatic rings. The molecule has 0 heterocycles. The van der Waals surface area contributed by atoms with Gasteiger partial charge in [-0.05, 0) is 18.2 Å². The van der Waals surface area contributed by atoms with E-state index < -0.39 is 16.1 Å². The van der Waals surface area contributed by atoms with Gasteiger partial charge in [-0.25, -0.2) is 4.79 Å². The van der Waals surface area contributed by atoms with E-state index >= 15 is 0 Å². The summed E-state index contributed by atoms with van der Waals surface area (Å²) in [6.45, 7) is -0.487. The standard InChI is InChI=1S/C9H10O6S.Na/c10-4-5-15-9(11)7-2-1-3-8(6-7)16(12,13)14;/h1-3,6,10H,4-5H2,(H,12,13,14);/q;+1. The van der Waals surface area contributed by atoms with Crippen LogP contribution in [0.1, 0.15) is 10.4 Å². The Hall–Kier alpha value is -0.440. The van der Waals surface area contributed by atoms with Crippen molar-refractivity contribution in [3.8, 4) is 0 Å². The molecular formula is C9H10NaO6S+. The fourth-order valence-electron chi connectivity index (χ4n) is 1.01. The van der Waals surface area contributed by atoms with E-state index in [1.807, 2.05) is 0 Å². The van der Waals surface area contributed by atoms with Crippen LogP contribution in [0.3, 0.4) is 0 Å². The van der Waals surface area contributed by atoms with Gasteiger partial charge in [-0.1, -0.05) is 6.07 Å². The van der Waals surface area contributed by atoms with E-state index in [0.29, 0.717) is 0 Å². The SMILES string of the molecule is O=C(OCCO)c1cccc(S(=O)(=O)O)c1.[Na+]. The van der Waals surface area contributed by atoms with E-state index in [0.717, 1.165) is 12.1 Å². The fraction of sp³-hybridized carbons (Fsp3) is 0.222. The van der Waals surface area contributed by atoms with Gasteiger partial charge < -0.3 is 9.84 Å². The van der Waals surface area contributed by atoms with E-state index in [1.54, 1.807) is 0 Å². The van der Waals surface area contributed by atoms with Crippen molar-refractivity contribution in [3.05, 3.63) is 29.8 Å². The van der Waals surface area contributed by atoms with Crippen LogP contribution < -0.4 is 29.6 Å². The van der Waals surface area contributed by atoms with Gasteiger partial charge in [-0.2, -0.15) is 8.42 Å². The molecule has 0 spiro atoms. The molecule has 6 nitrogen and oxygen atoms in total. The Kier molecular flexibility index (Phi) is 6.91. The summed E-state index contributed by atoms with van der Waals surface area (Å²) < 4.78 is 34.9. The van der Waals surface area contributed by atoms with Crippen LogP contribution >= 0.6 is 0 Å². The van der Waals surface area contributed by atoms with Crippen LogP contribution in [0.2, 0.25) is 0 Å². The van der Waals surface area contributed by atoms with E-state index in [-0.39, 0.29) is 53.2 Å². The molecule has 0 atom stereocenters. The van der Waals surface area contributed by atoms with Crippen molar-refractivity contribution in [1.29, 1.82) is 0 Å². The fourth-order valence-corrected chi connectivity index (χ4v) is 1.53. The summed E-state index contributed by atoms with van der Waals surface area (Å²) >= 11 is 0. The second kappa shape index (κ2) is 7.10. The molecule has 0 saturated carbocycles. The molecule has 88 valence electrons. The topological polar surface area (TPSA) is 101 Å².